The van der Waals surface area contributed by atoms with Crippen LogP contribution in [-0.2, 0) is 9.47 Å². The van der Waals surface area contributed by atoms with Crippen LogP contribution < -0.4 is 0 Å². The van der Waals surface area contributed by atoms with Gasteiger partial charge in [-0.3, -0.25) is 10.1 Å². The Bertz CT molecular complexity index is 238. The van der Waals surface area contributed by atoms with Crippen molar-refractivity contribution >= 4 is 0 Å². The lowest BCUT2D eigenvalue weighted by molar-refractivity contribution is -0.482. The first-order valence-electron chi connectivity index (χ1n) is 5.64. The molecule has 15 heavy (non-hydrogen) atoms. The summed E-state index contributed by atoms with van der Waals surface area (Å²) in [4.78, 5) is 9.94. The van der Waals surface area contributed by atoms with E-state index in [2.05, 4.69) is 0 Å². The number of hydrogen-bond donors (Lipinski definition) is 0. The Morgan fingerprint density at radius 2 is 2.07 bits per heavy atom. The highest BCUT2D eigenvalue weighted by atomic mass is 16.7. The Kier molecular flexibility index (Phi) is 3.21. The van der Waals surface area contributed by atoms with E-state index in [4.69, 9.17) is 9.47 Å². The Balaban J connectivity index is 1.80. The summed E-state index contributed by atoms with van der Waals surface area (Å²) in [6.07, 6.45) is 5.81. The van der Waals surface area contributed by atoms with Crippen LogP contribution in [0.15, 0.2) is 0 Å². The fraction of sp³-hybridized carbons (Fsp3) is 1.00. The van der Waals surface area contributed by atoms with E-state index in [1.165, 1.54) is 6.42 Å². The molecule has 2 rings (SSSR count). The van der Waals surface area contributed by atoms with Gasteiger partial charge in [0.2, 0.25) is 6.54 Å². The lowest BCUT2D eigenvalue weighted by Crippen LogP contribution is -2.33. The fourth-order valence-corrected chi connectivity index (χ4v) is 2.36. The normalized spacial score (nSPS) is 29.5. The second-order valence-electron chi connectivity index (χ2n) is 4.37. The molecule has 0 bridgehead atoms. The van der Waals surface area contributed by atoms with Crippen LogP contribution in [0.25, 0.3) is 0 Å². The Hall–Kier alpha value is -0.680. The van der Waals surface area contributed by atoms with Crippen LogP contribution in [0.1, 0.15) is 38.5 Å². The van der Waals surface area contributed by atoms with E-state index in [1.807, 2.05) is 0 Å². The molecular formula is C10H17NO4. The predicted octanol–water partition coefficient (Wildman–Crippen LogP) is 1.73. The van der Waals surface area contributed by atoms with E-state index in [-0.39, 0.29) is 23.4 Å². The first-order chi connectivity index (χ1) is 7.20. The van der Waals surface area contributed by atoms with Gasteiger partial charge in [-0.1, -0.05) is 6.42 Å². The maximum Gasteiger partial charge on any atom is 0.206 e. The topological polar surface area (TPSA) is 61.6 Å². The van der Waals surface area contributed by atoms with Gasteiger partial charge in [0.1, 0.15) is 0 Å². The monoisotopic (exact) mass is 215 g/mol. The van der Waals surface area contributed by atoms with E-state index < -0.39 is 0 Å². The molecule has 0 aromatic carbocycles. The van der Waals surface area contributed by atoms with Crippen LogP contribution in [0.3, 0.4) is 0 Å². The Morgan fingerprint density at radius 1 is 1.33 bits per heavy atom. The fourth-order valence-electron chi connectivity index (χ4n) is 2.36. The highest BCUT2D eigenvalue weighted by Crippen LogP contribution is 2.38. The van der Waals surface area contributed by atoms with E-state index in [1.54, 1.807) is 0 Å². The third kappa shape index (κ3) is 2.66. The molecule has 1 atom stereocenters. The van der Waals surface area contributed by atoms with E-state index >= 15 is 0 Å². The minimum absolute atomic E-state index is 0.0237. The minimum Gasteiger partial charge on any atom is -0.347 e. The first-order valence-corrected chi connectivity index (χ1v) is 5.64. The Morgan fingerprint density at radius 3 is 2.73 bits per heavy atom. The van der Waals surface area contributed by atoms with Crippen molar-refractivity contribution in [2.24, 2.45) is 0 Å². The molecule has 2 aliphatic rings. The molecule has 1 heterocycles. The summed E-state index contributed by atoms with van der Waals surface area (Å²) in [6.45, 7) is 0.498. The zero-order chi connectivity index (χ0) is 10.7. The van der Waals surface area contributed by atoms with Crippen molar-refractivity contribution in [1.29, 1.82) is 0 Å². The summed E-state index contributed by atoms with van der Waals surface area (Å²) < 4.78 is 11.5. The molecule has 2 fully saturated rings. The molecule has 0 unspecified atom stereocenters. The lowest BCUT2D eigenvalue weighted by atomic mass is 9.94. The number of ether oxygens (including phenoxy) is 2. The molecule has 86 valence electrons. The van der Waals surface area contributed by atoms with Gasteiger partial charge in [-0.05, 0) is 12.8 Å². The SMILES string of the molecule is O=[N+]([O-])CC[C@H]1COC2(CCCCC2)O1. The van der Waals surface area contributed by atoms with Gasteiger partial charge in [0.15, 0.2) is 5.79 Å². The van der Waals surface area contributed by atoms with Crippen molar-refractivity contribution < 1.29 is 14.4 Å². The van der Waals surface area contributed by atoms with Gasteiger partial charge in [-0.15, -0.1) is 0 Å². The predicted molar refractivity (Wildman–Crippen MR) is 53.1 cm³/mol. The van der Waals surface area contributed by atoms with Gasteiger partial charge in [0, 0.05) is 24.2 Å². The van der Waals surface area contributed by atoms with Crippen LogP contribution in [0, 0.1) is 10.1 Å². The molecule has 0 radical (unpaired) electrons. The van der Waals surface area contributed by atoms with Crippen LogP contribution in [0.2, 0.25) is 0 Å². The molecule has 1 spiro atoms. The number of nitro groups is 1. The zero-order valence-corrected chi connectivity index (χ0v) is 8.81. The van der Waals surface area contributed by atoms with Crippen LogP contribution in [-0.4, -0.2) is 30.0 Å². The first kappa shape index (κ1) is 10.8. The third-order valence-corrected chi connectivity index (χ3v) is 3.16. The molecule has 5 heteroatoms. The highest BCUT2D eigenvalue weighted by Gasteiger charge is 2.42. The average molecular weight is 215 g/mol. The van der Waals surface area contributed by atoms with E-state index in [0.717, 1.165) is 25.7 Å². The maximum absolute atomic E-state index is 10.2. The molecule has 0 N–H and O–H groups in total. The molecule has 1 aliphatic heterocycles. The van der Waals surface area contributed by atoms with Gasteiger partial charge in [-0.25, -0.2) is 0 Å². The Labute approximate surface area is 88.9 Å². The quantitative estimate of drug-likeness (QED) is 0.531. The van der Waals surface area contributed by atoms with Crippen LogP contribution in [0.5, 0.6) is 0 Å². The van der Waals surface area contributed by atoms with Gasteiger partial charge in [-0.2, -0.15) is 0 Å². The standard InChI is InChI=1S/C10H17NO4/c12-11(13)7-4-9-8-14-10(15-9)5-2-1-3-6-10/h9H,1-8H2/t9-/m0/s1. The minimum atomic E-state index is -0.389. The number of rotatable bonds is 3. The lowest BCUT2D eigenvalue weighted by Gasteiger charge is -2.31. The van der Waals surface area contributed by atoms with Gasteiger partial charge < -0.3 is 9.47 Å². The number of hydrogen-bond acceptors (Lipinski definition) is 4. The third-order valence-electron chi connectivity index (χ3n) is 3.16. The second kappa shape index (κ2) is 4.45. The summed E-state index contributed by atoms with van der Waals surface area (Å²) in [7, 11) is 0. The van der Waals surface area contributed by atoms with Crippen molar-refractivity contribution in [3.63, 3.8) is 0 Å². The summed E-state index contributed by atoms with van der Waals surface area (Å²) >= 11 is 0. The van der Waals surface area contributed by atoms with Crippen molar-refractivity contribution in [3.05, 3.63) is 10.1 Å². The molecule has 1 aliphatic carbocycles. The molecule has 5 nitrogen and oxygen atoms in total. The zero-order valence-electron chi connectivity index (χ0n) is 8.81. The largest absolute Gasteiger partial charge is 0.347 e. The smallest absolute Gasteiger partial charge is 0.206 e. The van der Waals surface area contributed by atoms with Gasteiger partial charge in [0.25, 0.3) is 0 Å². The van der Waals surface area contributed by atoms with E-state index in [0.29, 0.717) is 13.0 Å². The van der Waals surface area contributed by atoms with Gasteiger partial charge >= 0.3 is 0 Å². The summed E-state index contributed by atoms with van der Waals surface area (Å²) in [6, 6.07) is 0. The van der Waals surface area contributed by atoms with Crippen molar-refractivity contribution in [2.45, 2.75) is 50.4 Å². The average Bonchev–Trinajstić information content (AvgIpc) is 2.60. The van der Waals surface area contributed by atoms with Crippen LogP contribution >= 0.6 is 0 Å². The van der Waals surface area contributed by atoms with Crippen molar-refractivity contribution in [2.75, 3.05) is 13.2 Å². The molecule has 0 aromatic heterocycles. The highest BCUT2D eigenvalue weighted by molar-refractivity contribution is 4.82. The molecule has 0 amide bonds. The summed E-state index contributed by atoms with van der Waals surface area (Å²) in [5.41, 5.74) is 0. The van der Waals surface area contributed by atoms with E-state index in [9.17, 15) is 10.1 Å². The van der Waals surface area contributed by atoms with Gasteiger partial charge in [0.05, 0.1) is 12.7 Å². The maximum atomic E-state index is 10.2. The molecule has 1 saturated heterocycles. The second-order valence-corrected chi connectivity index (χ2v) is 4.37. The summed E-state index contributed by atoms with van der Waals surface area (Å²) in [5, 5.41) is 10.2. The molecule has 0 aromatic rings. The number of nitrogens with zero attached hydrogens (tertiary/aromatic N) is 1. The molecular weight excluding hydrogens is 198 g/mol. The summed E-state index contributed by atoms with van der Waals surface area (Å²) in [5.74, 6) is -0.389. The van der Waals surface area contributed by atoms with Crippen molar-refractivity contribution in [1.82, 2.24) is 0 Å². The van der Waals surface area contributed by atoms with Crippen LogP contribution in [0.4, 0.5) is 0 Å². The van der Waals surface area contributed by atoms with Crippen molar-refractivity contribution in [3.8, 4) is 0 Å². The molecule has 1 saturated carbocycles.